The smallest absolute Gasteiger partial charge is 0.326 e. The fourth-order valence-corrected chi connectivity index (χ4v) is 3.40. The summed E-state index contributed by atoms with van der Waals surface area (Å²) >= 11 is 4.39. The zero-order valence-corrected chi connectivity index (χ0v) is 19.1. The number of hydrogen-bond acceptors (Lipinski definition) is 5. The second-order valence-electron chi connectivity index (χ2n) is 8.04. The summed E-state index contributed by atoms with van der Waals surface area (Å²) in [5.74, 6) is -2.31. The molecule has 172 valence electrons. The average molecular weight is 459 g/mol. The highest BCUT2D eigenvalue weighted by molar-refractivity contribution is 7.81. The topological polar surface area (TPSA) is 116 Å². The van der Waals surface area contributed by atoms with Crippen molar-refractivity contribution in [2.24, 2.45) is 5.92 Å². The van der Waals surface area contributed by atoms with Crippen LogP contribution in [0, 0.1) is 5.92 Å². The molecule has 0 saturated carbocycles. The van der Waals surface area contributed by atoms with Gasteiger partial charge in [-0.25, -0.2) is 4.79 Å². The number of aromatic hydroxyl groups is 1. The van der Waals surface area contributed by atoms with E-state index in [1.807, 2.05) is 30.3 Å². The Bertz CT molecular complexity index is 902. The number of carbonyl (C=O) groups excluding carboxylic acids is 2. The summed E-state index contributed by atoms with van der Waals surface area (Å²) in [7, 11) is 0. The molecule has 0 heterocycles. The minimum Gasteiger partial charge on any atom is -0.508 e. The molecule has 2 amide bonds. The molecule has 0 aliphatic carbocycles. The molecule has 0 saturated heterocycles. The van der Waals surface area contributed by atoms with Gasteiger partial charge in [-0.3, -0.25) is 9.59 Å². The summed E-state index contributed by atoms with van der Waals surface area (Å²) in [5, 5.41) is 23.6. The summed E-state index contributed by atoms with van der Waals surface area (Å²) in [5.41, 5.74) is 1.74. The van der Waals surface area contributed by atoms with Crippen LogP contribution in [-0.4, -0.2) is 45.3 Å². The predicted octanol–water partition coefficient (Wildman–Crippen LogP) is 2.58. The first kappa shape index (κ1) is 25.3. The van der Waals surface area contributed by atoms with E-state index in [4.69, 9.17) is 0 Å². The van der Waals surface area contributed by atoms with Crippen molar-refractivity contribution in [2.75, 3.05) is 0 Å². The number of carbonyl (C=O) groups is 3. The standard InChI is InChI=1S/C24H30N2O5S/c1-15(2)21(26-22(28)20(32)13-10-16-6-4-3-5-7-16)23(29)25-19(24(30)31)14-17-8-11-18(27)12-9-17/h3-9,11-12,15,19-21,27,32H,10,13-14H2,1-2H3,(H,25,29)(H,26,28)(H,30,31)/t19-,20?,21-/m0/s1. The number of thiol groups is 1. The van der Waals surface area contributed by atoms with Gasteiger partial charge in [-0.1, -0.05) is 56.3 Å². The fourth-order valence-electron chi connectivity index (χ4n) is 3.19. The monoisotopic (exact) mass is 458 g/mol. The molecule has 2 aromatic rings. The molecule has 32 heavy (non-hydrogen) atoms. The molecule has 1 unspecified atom stereocenters. The van der Waals surface area contributed by atoms with E-state index >= 15 is 0 Å². The number of phenolic OH excluding ortho intramolecular Hbond substituents is 1. The molecular formula is C24H30N2O5S. The van der Waals surface area contributed by atoms with Crippen LogP contribution < -0.4 is 10.6 Å². The van der Waals surface area contributed by atoms with Crippen molar-refractivity contribution in [3.8, 4) is 5.75 Å². The van der Waals surface area contributed by atoms with Gasteiger partial charge in [0.2, 0.25) is 11.8 Å². The molecule has 8 heteroatoms. The van der Waals surface area contributed by atoms with E-state index in [1.165, 1.54) is 12.1 Å². The first-order chi connectivity index (χ1) is 15.2. The number of hydrogen-bond donors (Lipinski definition) is 5. The minimum absolute atomic E-state index is 0.0480. The molecule has 2 aromatic carbocycles. The zero-order chi connectivity index (χ0) is 23.7. The maximum atomic E-state index is 12.8. The second-order valence-corrected chi connectivity index (χ2v) is 8.66. The Morgan fingerprint density at radius 1 is 0.906 bits per heavy atom. The zero-order valence-electron chi connectivity index (χ0n) is 18.2. The van der Waals surface area contributed by atoms with Crippen LogP contribution in [0.5, 0.6) is 5.75 Å². The molecule has 7 nitrogen and oxygen atoms in total. The average Bonchev–Trinajstić information content (AvgIpc) is 2.76. The van der Waals surface area contributed by atoms with Crippen LogP contribution in [0.25, 0.3) is 0 Å². The number of phenols is 1. The number of benzene rings is 2. The summed E-state index contributed by atoms with van der Waals surface area (Å²) in [6.07, 6.45) is 1.23. The van der Waals surface area contributed by atoms with Crippen molar-refractivity contribution in [1.29, 1.82) is 0 Å². The first-order valence-electron chi connectivity index (χ1n) is 10.5. The highest BCUT2D eigenvalue weighted by Gasteiger charge is 2.30. The molecule has 0 aromatic heterocycles. The number of aryl methyl sites for hydroxylation is 1. The van der Waals surface area contributed by atoms with E-state index in [2.05, 4.69) is 23.3 Å². The summed E-state index contributed by atoms with van der Waals surface area (Å²) in [4.78, 5) is 37.1. The number of nitrogens with one attached hydrogen (secondary N) is 2. The van der Waals surface area contributed by atoms with Gasteiger partial charge >= 0.3 is 5.97 Å². The van der Waals surface area contributed by atoms with E-state index in [1.54, 1.807) is 26.0 Å². The predicted molar refractivity (Wildman–Crippen MR) is 126 cm³/mol. The third kappa shape index (κ3) is 7.92. The van der Waals surface area contributed by atoms with Crippen molar-refractivity contribution in [2.45, 2.75) is 50.4 Å². The van der Waals surface area contributed by atoms with E-state index in [9.17, 15) is 24.6 Å². The van der Waals surface area contributed by atoms with Gasteiger partial charge in [-0.15, -0.1) is 0 Å². The van der Waals surface area contributed by atoms with E-state index in [-0.39, 0.29) is 24.0 Å². The van der Waals surface area contributed by atoms with E-state index in [0.717, 1.165) is 5.56 Å². The van der Waals surface area contributed by atoms with Crippen LogP contribution in [0.2, 0.25) is 0 Å². The lowest BCUT2D eigenvalue weighted by Gasteiger charge is -2.25. The van der Waals surface area contributed by atoms with Gasteiger partial charge in [0.1, 0.15) is 17.8 Å². The Labute approximate surface area is 193 Å². The largest absolute Gasteiger partial charge is 0.508 e. The molecule has 0 spiro atoms. The molecular weight excluding hydrogens is 428 g/mol. The minimum atomic E-state index is -1.19. The van der Waals surface area contributed by atoms with Crippen molar-refractivity contribution in [1.82, 2.24) is 10.6 Å². The van der Waals surface area contributed by atoms with Crippen LogP contribution in [0.15, 0.2) is 54.6 Å². The first-order valence-corrected chi connectivity index (χ1v) is 11.0. The number of rotatable bonds is 11. The molecule has 0 aliphatic rings. The second kappa shape index (κ2) is 12.1. The van der Waals surface area contributed by atoms with Crippen molar-refractivity contribution < 1.29 is 24.6 Å². The third-order valence-electron chi connectivity index (χ3n) is 5.09. The lowest BCUT2D eigenvalue weighted by Crippen LogP contribution is -2.55. The van der Waals surface area contributed by atoms with Gasteiger partial charge in [0.05, 0.1) is 5.25 Å². The fraction of sp³-hybridized carbons (Fsp3) is 0.375. The van der Waals surface area contributed by atoms with Gasteiger partial charge < -0.3 is 20.8 Å². The van der Waals surface area contributed by atoms with Gasteiger partial charge in [0.25, 0.3) is 0 Å². The Balaban J connectivity index is 1.97. The Morgan fingerprint density at radius 2 is 1.53 bits per heavy atom. The number of carboxylic acids is 1. The highest BCUT2D eigenvalue weighted by Crippen LogP contribution is 2.13. The number of aliphatic carboxylic acids is 1. The highest BCUT2D eigenvalue weighted by atomic mass is 32.1. The van der Waals surface area contributed by atoms with Crippen LogP contribution in [0.1, 0.15) is 31.4 Å². The van der Waals surface area contributed by atoms with Crippen LogP contribution in [0.3, 0.4) is 0 Å². The maximum absolute atomic E-state index is 12.8. The Morgan fingerprint density at radius 3 is 2.09 bits per heavy atom. The lowest BCUT2D eigenvalue weighted by atomic mass is 10.0. The molecule has 0 radical (unpaired) electrons. The van der Waals surface area contributed by atoms with E-state index < -0.39 is 29.2 Å². The molecule has 4 N–H and O–H groups in total. The lowest BCUT2D eigenvalue weighted by molar-refractivity contribution is -0.142. The Kier molecular flexibility index (Phi) is 9.59. The quantitative estimate of drug-likeness (QED) is 0.332. The SMILES string of the molecule is CC(C)[C@H](NC(=O)C(S)CCc1ccccc1)C(=O)N[C@@H](Cc1ccc(O)cc1)C(=O)O. The molecule has 0 fully saturated rings. The molecule has 2 rings (SSSR count). The third-order valence-corrected chi connectivity index (χ3v) is 5.58. The maximum Gasteiger partial charge on any atom is 0.326 e. The number of carboxylic acid groups (broad SMARTS) is 1. The summed E-state index contributed by atoms with van der Waals surface area (Å²) in [6, 6.07) is 13.8. The molecule has 0 bridgehead atoms. The Hall–Kier alpha value is -3.00. The van der Waals surface area contributed by atoms with Crippen molar-refractivity contribution in [3.05, 3.63) is 65.7 Å². The molecule has 3 atom stereocenters. The van der Waals surface area contributed by atoms with Gasteiger partial charge in [-0.2, -0.15) is 12.6 Å². The summed E-state index contributed by atoms with van der Waals surface area (Å²) in [6.45, 7) is 3.55. The summed E-state index contributed by atoms with van der Waals surface area (Å²) < 4.78 is 0. The van der Waals surface area contributed by atoms with E-state index in [0.29, 0.717) is 18.4 Å². The van der Waals surface area contributed by atoms with Crippen LogP contribution in [-0.2, 0) is 27.2 Å². The van der Waals surface area contributed by atoms with Crippen molar-refractivity contribution >= 4 is 30.4 Å². The van der Waals surface area contributed by atoms with Gasteiger partial charge in [0.15, 0.2) is 0 Å². The van der Waals surface area contributed by atoms with Gasteiger partial charge in [-0.05, 0) is 42.0 Å². The van der Waals surface area contributed by atoms with Crippen molar-refractivity contribution in [3.63, 3.8) is 0 Å². The van der Waals surface area contributed by atoms with Crippen LogP contribution >= 0.6 is 12.6 Å². The molecule has 0 aliphatic heterocycles. The normalized spacial score (nSPS) is 13.8. The van der Waals surface area contributed by atoms with Crippen LogP contribution in [0.4, 0.5) is 0 Å². The number of amides is 2. The van der Waals surface area contributed by atoms with Gasteiger partial charge in [0, 0.05) is 6.42 Å².